The van der Waals surface area contributed by atoms with Gasteiger partial charge in [-0.15, -0.1) is 11.6 Å². The third-order valence-electron chi connectivity index (χ3n) is 2.87. The van der Waals surface area contributed by atoms with Gasteiger partial charge < -0.3 is 20.5 Å². The summed E-state index contributed by atoms with van der Waals surface area (Å²) in [5.74, 6) is 0.490. The molecule has 0 aliphatic carbocycles. The highest BCUT2D eigenvalue weighted by Gasteiger charge is 1.93. The largest absolute Gasteiger partial charge is 0.383 e. The highest BCUT2D eigenvalue weighted by atomic mass is 35.5. The maximum atomic E-state index is 5.64. The van der Waals surface area contributed by atoms with E-state index in [0.717, 1.165) is 30.8 Å². The number of ether oxygens (including phenoxy) is 2. The summed E-state index contributed by atoms with van der Waals surface area (Å²) < 4.78 is 9.47. The summed E-state index contributed by atoms with van der Waals surface area (Å²) in [6, 6.07) is 7.31. The number of methoxy groups -OCH3 is 2. The van der Waals surface area contributed by atoms with Crippen LogP contribution in [0.4, 0.5) is 0 Å². The third-order valence-corrected chi connectivity index (χ3v) is 3.62. The van der Waals surface area contributed by atoms with E-state index in [-0.39, 0.29) is 0 Å². The normalized spacial score (nSPS) is 9.70. The molecular weight excluding hydrogens is 411 g/mol. The average Bonchev–Trinajstić information content (AvgIpc) is 2.69. The molecule has 0 saturated heterocycles. The Labute approximate surface area is 176 Å². The molecule has 6 nitrogen and oxygen atoms in total. The molecule has 0 spiro atoms. The smallest absolute Gasteiger partial charge is 0.129 e. The summed E-state index contributed by atoms with van der Waals surface area (Å²) in [6.45, 7) is 3.66. The van der Waals surface area contributed by atoms with Crippen LogP contribution >= 0.6 is 34.8 Å². The number of aromatic nitrogens is 2. The van der Waals surface area contributed by atoms with Crippen molar-refractivity contribution in [3.63, 3.8) is 0 Å². The Bertz CT molecular complexity index is 570. The zero-order chi connectivity index (χ0) is 20.3. The third kappa shape index (κ3) is 15.7. The van der Waals surface area contributed by atoms with Crippen LogP contribution in [0.1, 0.15) is 11.1 Å². The zero-order valence-electron chi connectivity index (χ0n) is 15.6. The van der Waals surface area contributed by atoms with Gasteiger partial charge in [0.1, 0.15) is 10.3 Å². The number of hydrogen-bond acceptors (Lipinski definition) is 6. The SMILES string of the molecule is COCCN.COCCNCc1ccc(Cl)nc1.ClCc1ccc(Cl)nc1. The quantitative estimate of drug-likeness (QED) is 0.373. The highest BCUT2D eigenvalue weighted by molar-refractivity contribution is 6.29. The van der Waals surface area contributed by atoms with E-state index in [9.17, 15) is 0 Å². The lowest BCUT2D eigenvalue weighted by Crippen LogP contribution is -2.18. The van der Waals surface area contributed by atoms with Gasteiger partial charge in [-0.1, -0.05) is 35.3 Å². The molecular formula is C18H27Cl3N4O2. The Hall–Kier alpha value is -0.990. The minimum atomic E-state index is 0.490. The number of nitrogens with two attached hydrogens (primary N) is 1. The van der Waals surface area contributed by atoms with Crippen molar-refractivity contribution >= 4 is 34.8 Å². The second-order valence-corrected chi connectivity index (χ2v) is 6.10. The lowest BCUT2D eigenvalue weighted by Gasteiger charge is -2.03. The fourth-order valence-electron chi connectivity index (χ4n) is 1.52. The first kappa shape index (κ1) is 26.0. The number of halogens is 3. The van der Waals surface area contributed by atoms with Crippen molar-refractivity contribution in [2.24, 2.45) is 5.73 Å². The van der Waals surface area contributed by atoms with Crippen molar-refractivity contribution in [3.05, 3.63) is 58.1 Å². The van der Waals surface area contributed by atoms with Crippen LogP contribution in [0.25, 0.3) is 0 Å². The summed E-state index contributed by atoms with van der Waals surface area (Å²) in [4.78, 5) is 7.80. The van der Waals surface area contributed by atoms with E-state index in [1.807, 2.05) is 12.1 Å². The van der Waals surface area contributed by atoms with Crippen molar-refractivity contribution in [2.45, 2.75) is 12.4 Å². The van der Waals surface area contributed by atoms with E-state index in [2.05, 4.69) is 20.0 Å². The van der Waals surface area contributed by atoms with Crippen molar-refractivity contribution in [1.82, 2.24) is 15.3 Å². The number of rotatable bonds is 8. The molecule has 0 amide bonds. The highest BCUT2D eigenvalue weighted by Crippen LogP contribution is 2.06. The standard InChI is InChI=1S/C9H13ClN2O.C6H5Cl2N.C3H9NO/c1-13-5-4-11-6-8-2-3-9(10)12-7-8;7-3-5-1-2-6(8)9-4-5;1-5-3-2-4/h2-3,7,11H,4-6H2,1H3;1-2,4H,3H2;2-4H2,1H3. The van der Waals surface area contributed by atoms with E-state index < -0.39 is 0 Å². The molecule has 2 aromatic heterocycles. The van der Waals surface area contributed by atoms with Crippen LogP contribution in [-0.2, 0) is 21.9 Å². The van der Waals surface area contributed by atoms with Crippen LogP contribution in [0.5, 0.6) is 0 Å². The van der Waals surface area contributed by atoms with Gasteiger partial charge in [-0.2, -0.15) is 0 Å². The topological polar surface area (TPSA) is 82.3 Å². The molecule has 0 unspecified atom stereocenters. The van der Waals surface area contributed by atoms with E-state index >= 15 is 0 Å². The fraction of sp³-hybridized carbons (Fsp3) is 0.444. The molecule has 152 valence electrons. The van der Waals surface area contributed by atoms with Gasteiger partial charge in [0.05, 0.1) is 13.2 Å². The van der Waals surface area contributed by atoms with Crippen LogP contribution in [0.2, 0.25) is 10.3 Å². The molecule has 2 heterocycles. The molecule has 0 saturated carbocycles. The summed E-state index contributed by atoms with van der Waals surface area (Å²) in [7, 11) is 3.32. The van der Waals surface area contributed by atoms with Crippen LogP contribution in [0.3, 0.4) is 0 Å². The Morgan fingerprint density at radius 2 is 1.48 bits per heavy atom. The molecule has 0 bridgehead atoms. The Morgan fingerprint density at radius 3 is 1.85 bits per heavy atom. The van der Waals surface area contributed by atoms with E-state index in [1.54, 1.807) is 38.7 Å². The van der Waals surface area contributed by atoms with Crippen molar-refractivity contribution in [1.29, 1.82) is 0 Å². The molecule has 2 aromatic rings. The summed E-state index contributed by atoms with van der Waals surface area (Å²) in [5.41, 5.74) is 7.13. The number of nitrogens with one attached hydrogen (secondary N) is 1. The molecule has 0 atom stereocenters. The first-order valence-corrected chi connectivity index (χ1v) is 9.51. The molecule has 0 fully saturated rings. The second kappa shape index (κ2) is 18.4. The predicted molar refractivity (Wildman–Crippen MR) is 113 cm³/mol. The van der Waals surface area contributed by atoms with Crippen LogP contribution in [-0.4, -0.2) is 50.5 Å². The molecule has 27 heavy (non-hydrogen) atoms. The summed E-state index contributed by atoms with van der Waals surface area (Å²) in [5, 5.41) is 4.25. The lowest BCUT2D eigenvalue weighted by molar-refractivity contribution is 0.199. The van der Waals surface area contributed by atoms with Crippen molar-refractivity contribution < 1.29 is 9.47 Å². The molecule has 2 rings (SSSR count). The minimum absolute atomic E-state index is 0.490. The zero-order valence-corrected chi connectivity index (χ0v) is 17.9. The maximum absolute atomic E-state index is 5.64. The Morgan fingerprint density at radius 1 is 0.926 bits per heavy atom. The molecule has 9 heteroatoms. The van der Waals surface area contributed by atoms with Gasteiger partial charge in [0.25, 0.3) is 0 Å². The van der Waals surface area contributed by atoms with Crippen LogP contribution in [0, 0.1) is 0 Å². The minimum Gasteiger partial charge on any atom is -0.383 e. The number of hydrogen-bond donors (Lipinski definition) is 2. The first-order chi connectivity index (χ1) is 13.1. The fourth-order valence-corrected chi connectivity index (χ4v) is 1.90. The van der Waals surface area contributed by atoms with Gasteiger partial charge in [-0.3, -0.25) is 0 Å². The van der Waals surface area contributed by atoms with Gasteiger partial charge >= 0.3 is 0 Å². The predicted octanol–water partition coefficient (Wildman–Crippen LogP) is 3.54. The summed E-state index contributed by atoms with van der Waals surface area (Å²) >= 11 is 16.7. The number of nitrogens with zero attached hydrogens (tertiary/aromatic N) is 2. The first-order valence-electron chi connectivity index (χ1n) is 8.22. The van der Waals surface area contributed by atoms with Gasteiger partial charge in [-0.05, 0) is 23.3 Å². The van der Waals surface area contributed by atoms with Gasteiger partial charge in [0.15, 0.2) is 0 Å². The molecule has 0 aliphatic heterocycles. The van der Waals surface area contributed by atoms with Gasteiger partial charge in [0.2, 0.25) is 0 Å². The maximum Gasteiger partial charge on any atom is 0.129 e. The number of pyridine rings is 2. The Kier molecular flexibility index (Phi) is 17.7. The Balaban J connectivity index is 0.000000419. The van der Waals surface area contributed by atoms with E-state index in [0.29, 0.717) is 29.3 Å². The van der Waals surface area contributed by atoms with Crippen LogP contribution in [0.15, 0.2) is 36.7 Å². The summed E-state index contributed by atoms with van der Waals surface area (Å²) in [6.07, 6.45) is 3.43. The van der Waals surface area contributed by atoms with E-state index in [4.69, 9.17) is 45.3 Å². The number of alkyl halides is 1. The van der Waals surface area contributed by atoms with Crippen molar-refractivity contribution in [3.8, 4) is 0 Å². The lowest BCUT2D eigenvalue weighted by atomic mass is 10.3. The molecule has 3 N–H and O–H groups in total. The van der Waals surface area contributed by atoms with Gasteiger partial charge in [0, 0.05) is 52.1 Å². The molecule has 0 aromatic carbocycles. The molecule has 0 radical (unpaired) electrons. The van der Waals surface area contributed by atoms with E-state index in [1.165, 1.54) is 0 Å². The van der Waals surface area contributed by atoms with Gasteiger partial charge in [-0.25, -0.2) is 9.97 Å². The second-order valence-electron chi connectivity index (χ2n) is 5.06. The molecule has 0 aliphatic rings. The average molecular weight is 438 g/mol. The van der Waals surface area contributed by atoms with Crippen LogP contribution < -0.4 is 11.1 Å². The monoisotopic (exact) mass is 436 g/mol. The van der Waals surface area contributed by atoms with Crippen molar-refractivity contribution in [2.75, 3.05) is 40.5 Å².